The number of aryl methyl sites for hydroxylation is 3. The molecule has 3 aromatic rings. The molecule has 2 N–H and O–H groups in total. The van der Waals surface area contributed by atoms with Gasteiger partial charge in [0.15, 0.2) is 0 Å². The summed E-state index contributed by atoms with van der Waals surface area (Å²) in [4.78, 5) is 9.42. The number of pyridine rings is 1. The van der Waals surface area contributed by atoms with E-state index < -0.39 is 0 Å². The molecule has 0 radical (unpaired) electrons. The minimum Gasteiger partial charge on any atom is -0.330 e. The van der Waals surface area contributed by atoms with Crippen LogP contribution in [0.4, 0.5) is 0 Å². The maximum atomic E-state index is 5.64. The van der Waals surface area contributed by atoms with E-state index in [1.54, 1.807) is 0 Å². The highest BCUT2D eigenvalue weighted by Gasteiger charge is 2.14. The Balaban J connectivity index is 2.19. The van der Waals surface area contributed by atoms with E-state index in [0.717, 1.165) is 53.2 Å². The van der Waals surface area contributed by atoms with Gasteiger partial charge in [-0.2, -0.15) is 0 Å². The Hall–Kier alpha value is -2.20. The fraction of sp³-hybridized carbons (Fsp3) is 0.368. The second-order valence-electron chi connectivity index (χ2n) is 6.04. The van der Waals surface area contributed by atoms with Crippen LogP contribution >= 0.6 is 0 Å². The Morgan fingerprint density at radius 3 is 2.43 bits per heavy atom. The zero-order valence-corrected chi connectivity index (χ0v) is 14.1. The predicted octanol–water partition coefficient (Wildman–Crippen LogP) is 3.49. The van der Waals surface area contributed by atoms with Crippen molar-refractivity contribution in [1.29, 1.82) is 0 Å². The van der Waals surface area contributed by atoms with Crippen LogP contribution in [-0.4, -0.2) is 21.1 Å². The monoisotopic (exact) mass is 308 g/mol. The lowest BCUT2D eigenvalue weighted by molar-refractivity contribution is 0.818. The van der Waals surface area contributed by atoms with Gasteiger partial charge in [-0.15, -0.1) is 0 Å². The molecule has 0 aliphatic carbocycles. The van der Waals surface area contributed by atoms with Crippen LogP contribution in [0.5, 0.6) is 0 Å². The van der Waals surface area contributed by atoms with E-state index in [0.29, 0.717) is 6.54 Å². The highest BCUT2D eigenvalue weighted by molar-refractivity contribution is 5.80. The number of hydrogen-bond acceptors (Lipinski definition) is 3. The third-order valence-corrected chi connectivity index (χ3v) is 4.12. The van der Waals surface area contributed by atoms with E-state index >= 15 is 0 Å². The highest BCUT2D eigenvalue weighted by Crippen LogP contribution is 2.25. The molecule has 1 aromatic carbocycles. The lowest BCUT2D eigenvalue weighted by Gasteiger charge is -2.10. The second kappa shape index (κ2) is 6.50. The van der Waals surface area contributed by atoms with Crippen LogP contribution in [0.25, 0.3) is 16.7 Å². The molecular formula is C19H24N4. The van der Waals surface area contributed by atoms with Crippen LogP contribution in [0.1, 0.15) is 36.1 Å². The number of nitrogens with two attached hydrogens (primary N) is 1. The van der Waals surface area contributed by atoms with Gasteiger partial charge in [0.25, 0.3) is 0 Å². The zero-order chi connectivity index (χ0) is 16.4. The molecule has 0 saturated carbocycles. The average Bonchev–Trinajstić information content (AvgIpc) is 2.87. The SMILES string of the molecule is CCCc1nc2c(C)nc(C)cc2n1-c1ccc(CCN)cc1. The molecule has 0 unspecified atom stereocenters. The Morgan fingerprint density at radius 2 is 1.78 bits per heavy atom. The number of benzene rings is 1. The number of imidazole rings is 1. The Kier molecular flexibility index (Phi) is 4.44. The van der Waals surface area contributed by atoms with Crippen molar-refractivity contribution in [3.05, 3.63) is 53.1 Å². The summed E-state index contributed by atoms with van der Waals surface area (Å²) in [5, 5.41) is 0. The van der Waals surface area contributed by atoms with Crippen molar-refractivity contribution in [2.75, 3.05) is 6.54 Å². The molecule has 3 rings (SSSR count). The van der Waals surface area contributed by atoms with E-state index in [1.165, 1.54) is 5.56 Å². The molecule has 4 heteroatoms. The third-order valence-electron chi connectivity index (χ3n) is 4.12. The van der Waals surface area contributed by atoms with E-state index in [9.17, 15) is 0 Å². The van der Waals surface area contributed by atoms with Gasteiger partial charge in [0, 0.05) is 17.8 Å². The van der Waals surface area contributed by atoms with Crippen LogP contribution in [0.15, 0.2) is 30.3 Å². The van der Waals surface area contributed by atoms with E-state index in [1.807, 2.05) is 13.8 Å². The molecule has 2 heterocycles. The molecule has 120 valence electrons. The summed E-state index contributed by atoms with van der Waals surface area (Å²) in [5.74, 6) is 1.10. The standard InChI is InChI=1S/C19H24N4/c1-4-5-18-22-19-14(3)21-13(2)12-17(19)23(18)16-8-6-15(7-9-16)10-11-20/h6-9,12H,4-5,10-11,20H2,1-3H3. The number of rotatable bonds is 5. The first-order chi connectivity index (χ1) is 11.1. The molecule has 0 aliphatic heterocycles. The minimum atomic E-state index is 0.679. The lowest BCUT2D eigenvalue weighted by atomic mass is 10.1. The number of fused-ring (bicyclic) bond motifs is 1. The van der Waals surface area contributed by atoms with Crippen molar-refractivity contribution in [2.24, 2.45) is 5.73 Å². The van der Waals surface area contributed by atoms with Crippen LogP contribution in [0.3, 0.4) is 0 Å². The van der Waals surface area contributed by atoms with Crippen LogP contribution in [0, 0.1) is 13.8 Å². The molecular weight excluding hydrogens is 284 g/mol. The number of nitrogens with zero attached hydrogens (tertiary/aromatic N) is 3. The summed E-state index contributed by atoms with van der Waals surface area (Å²) in [7, 11) is 0. The van der Waals surface area contributed by atoms with Crippen LogP contribution < -0.4 is 5.73 Å². The summed E-state index contributed by atoms with van der Waals surface area (Å²) >= 11 is 0. The predicted molar refractivity (Wildman–Crippen MR) is 95.1 cm³/mol. The Labute approximate surface area is 137 Å². The van der Waals surface area contributed by atoms with Crippen molar-refractivity contribution in [3.8, 4) is 5.69 Å². The van der Waals surface area contributed by atoms with Gasteiger partial charge < -0.3 is 5.73 Å². The number of aromatic nitrogens is 3. The molecule has 0 fully saturated rings. The molecule has 0 atom stereocenters. The van der Waals surface area contributed by atoms with E-state index in [2.05, 4.69) is 46.8 Å². The van der Waals surface area contributed by atoms with Crippen LogP contribution in [0.2, 0.25) is 0 Å². The van der Waals surface area contributed by atoms with Crippen molar-refractivity contribution in [2.45, 2.75) is 40.0 Å². The summed E-state index contributed by atoms with van der Waals surface area (Å²) < 4.78 is 2.27. The molecule has 0 saturated heterocycles. The highest BCUT2D eigenvalue weighted by atomic mass is 15.1. The molecule has 0 aliphatic rings. The summed E-state index contributed by atoms with van der Waals surface area (Å²) in [6, 6.07) is 10.8. The molecule has 2 aromatic heterocycles. The molecule has 0 spiro atoms. The summed E-state index contributed by atoms with van der Waals surface area (Å²) in [6.07, 6.45) is 2.94. The van der Waals surface area contributed by atoms with Gasteiger partial charge in [-0.3, -0.25) is 9.55 Å². The Morgan fingerprint density at radius 1 is 1.04 bits per heavy atom. The smallest absolute Gasteiger partial charge is 0.114 e. The Bertz CT molecular complexity index is 815. The van der Waals surface area contributed by atoms with Gasteiger partial charge in [0.05, 0.1) is 11.2 Å². The summed E-state index contributed by atoms with van der Waals surface area (Å²) in [6.45, 7) is 6.93. The lowest BCUT2D eigenvalue weighted by Crippen LogP contribution is -2.04. The first-order valence-corrected chi connectivity index (χ1v) is 8.29. The maximum absolute atomic E-state index is 5.64. The minimum absolute atomic E-state index is 0.679. The third kappa shape index (κ3) is 2.99. The molecule has 0 amide bonds. The second-order valence-corrected chi connectivity index (χ2v) is 6.04. The zero-order valence-electron chi connectivity index (χ0n) is 14.1. The van der Waals surface area contributed by atoms with Crippen molar-refractivity contribution in [1.82, 2.24) is 14.5 Å². The van der Waals surface area contributed by atoms with Gasteiger partial charge >= 0.3 is 0 Å². The fourth-order valence-electron chi connectivity index (χ4n) is 3.09. The normalized spacial score (nSPS) is 11.3. The largest absolute Gasteiger partial charge is 0.330 e. The van der Waals surface area contributed by atoms with Crippen molar-refractivity contribution >= 4 is 11.0 Å². The first-order valence-electron chi connectivity index (χ1n) is 8.29. The quantitative estimate of drug-likeness (QED) is 0.785. The average molecular weight is 308 g/mol. The molecule has 4 nitrogen and oxygen atoms in total. The van der Waals surface area contributed by atoms with Gasteiger partial charge in [-0.05, 0) is 57.0 Å². The topological polar surface area (TPSA) is 56.7 Å². The van der Waals surface area contributed by atoms with Crippen molar-refractivity contribution in [3.63, 3.8) is 0 Å². The van der Waals surface area contributed by atoms with Crippen LogP contribution in [-0.2, 0) is 12.8 Å². The number of hydrogen-bond donors (Lipinski definition) is 1. The van der Waals surface area contributed by atoms with E-state index in [-0.39, 0.29) is 0 Å². The first kappa shape index (κ1) is 15.7. The van der Waals surface area contributed by atoms with Gasteiger partial charge in [-0.25, -0.2) is 4.98 Å². The van der Waals surface area contributed by atoms with Gasteiger partial charge in [0.2, 0.25) is 0 Å². The van der Waals surface area contributed by atoms with Gasteiger partial charge in [0.1, 0.15) is 11.3 Å². The molecule has 23 heavy (non-hydrogen) atoms. The fourth-order valence-corrected chi connectivity index (χ4v) is 3.09. The van der Waals surface area contributed by atoms with Crippen molar-refractivity contribution < 1.29 is 0 Å². The maximum Gasteiger partial charge on any atom is 0.114 e. The molecule has 0 bridgehead atoms. The van der Waals surface area contributed by atoms with E-state index in [4.69, 9.17) is 10.7 Å². The van der Waals surface area contributed by atoms with Gasteiger partial charge in [-0.1, -0.05) is 19.1 Å². The summed E-state index contributed by atoms with van der Waals surface area (Å²) in [5.41, 5.74) is 12.2.